The maximum Gasteiger partial charge on any atom is 0.227 e. The summed E-state index contributed by atoms with van der Waals surface area (Å²) in [6.07, 6.45) is 3.53. The van der Waals surface area contributed by atoms with Crippen LogP contribution >= 0.6 is 22.7 Å². The zero-order valence-electron chi connectivity index (χ0n) is 17.9. The van der Waals surface area contributed by atoms with Gasteiger partial charge in [-0.3, -0.25) is 19.2 Å². The van der Waals surface area contributed by atoms with Crippen LogP contribution in [0.1, 0.15) is 49.5 Å². The van der Waals surface area contributed by atoms with Crippen LogP contribution in [0.5, 0.6) is 0 Å². The number of aromatic nitrogens is 4. The number of hydrogen-bond donors (Lipinski definition) is 4. The van der Waals surface area contributed by atoms with Crippen molar-refractivity contribution < 1.29 is 19.2 Å². The Balaban J connectivity index is 1.63. The molecule has 2 rings (SSSR count). The van der Waals surface area contributed by atoms with Gasteiger partial charge in [-0.1, -0.05) is 22.7 Å². The number of carbonyl (C=O) groups excluding carboxylic acids is 4. The van der Waals surface area contributed by atoms with E-state index in [0.717, 1.165) is 35.7 Å². The number of carbonyl (C=O) groups is 4. The van der Waals surface area contributed by atoms with Gasteiger partial charge in [0.1, 0.15) is 10.0 Å². The normalized spacial score (nSPS) is 10.4. The molecule has 0 radical (unpaired) electrons. The molecule has 0 saturated carbocycles. The van der Waals surface area contributed by atoms with Gasteiger partial charge in [0.25, 0.3) is 0 Å². The quantitative estimate of drug-likeness (QED) is 0.305. The Hall–Kier alpha value is -3.00. The van der Waals surface area contributed by atoms with E-state index in [1.54, 1.807) is 0 Å². The fourth-order valence-corrected chi connectivity index (χ4v) is 4.03. The molecular formula is C18H26N8O4S2. The van der Waals surface area contributed by atoms with Crippen LogP contribution in [0.3, 0.4) is 0 Å². The molecule has 4 amide bonds. The lowest BCUT2D eigenvalue weighted by atomic mass is 10.2. The van der Waals surface area contributed by atoms with Gasteiger partial charge in [-0.2, -0.15) is 0 Å². The van der Waals surface area contributed by atoms with Crippen molar-refractivity contribution >= 4 is 56.6 Å². The van der Waals surface area contributed by atoms with E-state index in [-0.39, 0.29) is 49.6 Å². The van der Waals surface area contributed by atoms with Crippen molar-refractivity contribution in [3.05, 3.63) is 10.0 Å². The first-order chi connectivity index (χ1) is 15.3. The molecule has 0 aromatic carbocycles. The molecule has 12 nitrogen and oxygen atoms in total. The number of amides is 4. The summed E-state index contributed by atoms with van der Waals surface area (Å²) in [7, 11) is 0. The monoisotopic (exact) mass is 482 g/mol. The van der Waals surface area contributed by atoms with E-state index in [2.05, 4.69) is 41.7 Å². The van der Waals surface area contributed by atoms with Crippen molar-refractivity contribution in [2.24, 2.45) is 0 Å². The predicted octanol–water partition coefficient (Wildman–Crippen LogP) is 0.884. The first kappa shape index (κ1) is 25.3. The molecule has 14 heteroatoms. The van der Waals surface area contributed by atoms with Gasteiger partial charge in [0.15, 0.2) is 0 Å². The Kier molecular flexibility index (Phi) is 10.6. The molecule has 2 heterocycles. The highest BCUT2D eigenvalue weighted by Gasteiger charge is 2.10. The fourth-order valence-electron chi connectivity index (χ4n) is 2.43. The topological polar surface area (TPSA) is 168 Å². The Morgan fingerprint density at radius 2 is 1.09 bits per heavy atom. The molecule has 4 N–H and O–H groups in total. The summed E-state index contributed by atoms with van der Waals surface area (Å²) in [6, 6.07) is 0. The van der Waals surface area contributed by atoms with Crippen LogP contribution < -0.4 is 21.3 Å². The van der Waals surface area contributed by atoms with E-state index in [0.29, 0.717) is 10.3 Å². The van der Waals surface area contributed by atoms with Crippen molar-refractivity contribution in [1.29, 1.82) is 0 Å². The van der Waals surface area contributed by atoms with Crippen molar-refractivity contribution in [1.82, 2.24) is 31.0 Å². The van der Waals surface area contributed by atoms with Gasteiger partial charge in [-0.15, -0.1) is 20.4 Å². The van der Waals surface area contributed by atoms with E-state index in [4.69, 9.17) is 0 Å². The summed E-state index contributed by atoms with van der Waals surface area (Å²) >= 11 is 2.65. The zero-order valence-corrected chi connectivity index (χ0v) is 19.5. The van der Waals surface area contributed by atoms with Crippen molar-refractivity contribution in [3.63, 3.8) is 0 Å². The summed E-state index contributed by atoms with van der Waals surface area (Å²) in [5.74, 6) is -0.806. The zero-order chi connectivity index (χ0) is 23.3. The molecule has 32 heavy (non-hydrogen) atoms. The summed E-state index contributed by atoms with van der Waals surface area (Å²) in [5, 5.41) is 29.1. The van der Waals surface area contributed by atoms with Gasteiger partial charge in [-0.05, 0) is 12.8 Å². The Bertz CT molecular complexity index is 855. The Morgan fingerprint density at radius 3 is 1.47 bits per heavy atom. The van der Waals surface area contributed by atoms with Crippen LogP contribution in [0.4, 0.5) is 10.3 Å². The van der Waals surface area contributed by atoms with Gasteiger partial charge in [0, 0.05) is 52.6 Å². The molecule has 0 unspecified atom stereocenters. The van der Waals surface area contributed by atoms with E-state index in [1.165, 1.54) is 36.5 Å². The average Bonchev–Trinajstić information content (AvgIpc) is 3.34. The van der Waals surface area contributed by atoms with Crippen LogP contribution in [0.2, 0.25) is 0 Å². The number of anilines is 2. The molecule has 0 fully saturated rings. The van der Waals surface area contributed by atoms with Gasteiger partial charge in [0.2, 0.25) is 33.9 Å². The third kappa shape index (κ3) is 10.3. The second-order valence-corrected chi connectivity index (χ2v) is 8.90. The van der Waals surface area contributed by atoms with Gasteiger partial charge >= 0.3 is 0 Å². The van der Waals surface area contributed by atoms with Gasteiger partial charge < -0.3 is 21.3 Å². The summed E-state index contributed by atoms with van der Waals surface area (Å²) in [6.45, 7) is 3.35. The first-order valence-electron chi connectivity index (χ1n) is 10.0. The van der Waals surface area contributed by atoms with Crippen molar-refractivity contribution in [2.75, 3.05) is 23.7 Å². The van der Waals surface area contributed by atoms with Crippen molar-refractivity contribution in [3.8, 4) is 0 Å². The highest BCUT2D eigenvalue weighted by atomic mass is 32.1. The minimum absolute atomic E-state index is 0.175. The molecular weight excluding hydrogens is 456 g/mol. The fraction of sp³-hybridized carbons (Fsp3) is 0.556. The second-order valence-electron chi connectivity index (χ2n) is 6.77. The highest BCUT2D eigenvalue weighted by Crippen LogP contribution is 2.20. The molecule has 0 bridgehead atoms. The molecule has 0 aliphatic carbocycles. The van der Waals surface area contributed by atoms with E-state index >= 15 is 0 Å². The molecule has 0 atom stereocenters. The minimum atomic E-state index is -0.226. The number of aryl methyl sites for hydroxylation is 2. The van der Waals surface area contributed by atoms with Crippen LogP contribution in [-0.4, -0.2) is 57.1 Å². The molecule has 0 saturated heterocycles. The Labute approximate surface area is 193 Å². The molecule has 2 aromatic rings. The van der Waals surface area contributed by atoms with E-state index in [9.17, 15) is 19.2 Å². The standard InChI is InChI=1S/C18H26N8O4S2/c1-11(27)19-9-7-13(29)21-17-25-23-15(31-17)5-3-4-6-16-24-26-18(32-16)22-14(30)8-10-20-12(2)28/h3-10H2,1-2H3,(H,19,27)(H,20,28)(H,21,25,29)(H,22,26,30). The molecule has 0 spiro atoms. The third-order valence-electron chi connectivity index (χ3n) is 3.91. The number of nitrogens with one attached hydrogen (secondary N) is 4. The van der Waals surface area contributed by atoms with Crippen molar-refractivity contribution in [2.45, 2.75) is 52.4 Å². The molecule has 0 aliphatic rings. The predicted molar refractivity (Wildman–Crippen MR) is 120 cm³/mol. The second kappa shape index (κ2) is 13.4. The lowest BCUT2D eigenvalue weighted by Crippen LogP contribution is -2.25. The van der Waals surface area contributed by atoms with Crippen LogP contribution in [0.25, 0.3) is 0 Å². The summed E-state index contributed by atoms with van der Waals surface area (Å²) in [5.41, 5.74) is 0. The average molecular weight is 483 g/mol. The van der Waals surface area contributed by atoms with Crippen LogP contribution in [0, 0.1) is 0 Å². The number of nitrogens with zero attached hydrogens (tertiary/aromatic N) is 4. The maximum absolute atomic E-state index is 11.8. The number of hydrogen-bond acceptors (Lipinski definition) is 10. The SMILES string of the molecule is CC(=O)NCCC(=O)Nc1nnc(CCCCc2nnc(NC(=O)CCNC(C)=O)s2)s1. The largest absolute Gasteiger partial charge is 0.356 e. The first-order valence-corrected chi connectivity index (χ1v) is 11.7. The number of rotatable bonds is 13. The van der Waals surface area contributed by atoms with E-state index in [1.807, 2.05) is 0 Å². The highest BCUT2D eigenvalue weighted by molar-refractivity contribution is 7.15. The summed E-state index contributed by atoms with van der Waals surface area (Å²) < 4.78 is 0. The van der Waals surface area contributed by atoms with Gasteiger partial charge in [0.05, 0.1) is 0 Å². The maximum atomic E-state index is 11.8. The Morgan fingerprint density at radius 1 is 0.688 bits per heavy atom. The molecule has 174 valence electrons. The van der Waals surface area contributed by atoms with Crippen LogP contribution in [-0.2, 0) is 32.0 Å². The third-order valence-corrected chi connectivity index (χ3v) is 5.71. The summed E-state index contributed by atoms with van der Waals surface area (Å²) in [4.78, 5) is 45.2. The molecule has 2 aromatic heterocycles. The smallest absolute Gasteiger partial charge is 0.227 e. The minimum Gasteiger partial charge on any atom is -0.356 e. The number of unbranched alkanes of at least 4 members (excludes halogenated alkanes) is 1. The van der Waals surface area contributed by atoms with Gasteiger partial charge in [-0.25, -0.2) is 0 Å². The lowest BCUT2D eigenvalue weighted by Gasteiger charge is -2.01. The molecule has 0 aliphatic heterocycles. The van der Waals surface area contributed by atoms with Crippen LogP contribution in [0.15, 0.2) is 0 Å². The van der Waals surface area contributed by atoms with E-state index < -0.39 is 0 Å². The lowest BCUT2D eigenvalue weighted by molar-refractivity contribution is -0.120.